The van der Waals surface area contributed by atoms with Gasteiger partial charge in [0.1, 0.15) is 6.10 Å². The Morgan fingerprint density at radius 2 is 0.967 bits per heavy atom. The van der Waals surface area contributed by atoms with Gasteiger partial charge < -0.3 is 4.74 Å². The fraction of sp³-hybridized carbons (Fsp3) is 0.556. The molecule has 2 radical (unpaired) electrons. The number of aryl methyl sites for hydroxylation is 2. The summed E-state index contributed by atoms with van der Waals surface area (Å²) in [6.45, 7) is 22.1. The summed E-state index contributed by atoms with van der Waals surface area (Å²) in [6, 6.07) is 7.67. The number of benzene rings is 2. The minimum Gasteiger partial charge on any atom is -0.363 e. The van der Waals surface area contributed by atoms with Gasteiger partial charge in [-0.15, -0.1) is 0 Å². The lowest BCUT2D eigenvalue weighted by Gasteiger charge is -2.31. The fourth-order valence-corrected chi connectivity index (χ4v) is 3.75. The van der Waals surface area contributed by atoms with E-state index in [1.54, 1.807) is 0 Å². The standard InChI is InChI=1S/C27H38O3/c1-16-12-18(22(28)20(14-16)25(3,4)5)24(30-27(9,10)11)19-13-17(2)15-21(23(19)29)26(6,7)8/h12-15,24H,1-11H3. The summed E-state index contributed by atoms with van der Waals surface area (Å²) in [6.07, 6.45) is -0.716. The molecule has 0 atom stereocenters. The van der Waals surface area contributed by atoms with Crippen molar-refractivity contribution in [2.45, 2.75) is 98.7 Å². The Morgan fingerprint density at radius 1 is 0.633 bits per heavy atom. The second-order valence-corrected chi connectivity index (χ2v) is 11.6. The van der Waals surface area contributed by atoms with Crippen LogP contribution in [-0.4, -0.2) is 5.60 Å². The maximum Gasteiger partial charge on any atom is 0.188 e. The quantitative estimate of drug-likeness (QED) is 0.504. The van der Waals surface area contributed by atoms with E-state index in [0.717, 1.165) is 22.3 Å². The van der Waals surface area contributed by atoms with Crippen LogP contribution in [0.15, 0.2) is 24.3 Å². The third kappa shape index (κ3) is 5.37. The van der Waals surface area contributed by atoms with Crippen LogP contribution in [0.2, 0.25) is 0 Å². The van der Waals surface area contributed by atoms with Crippen LogP contribution in [0.3, 0.4) is 0 Å². The number of hydrogen-bond donors (Lipinski definition) is 0. The van der Waals surface area contributed by atoms with Gasteiger partial charge in [0.2, 0.25) is 0 Å². The first-order chi connectivity index (χ1) is 13.4. The number of rotatable bonds is 3. The van der Waals surface area contributed by atoms with Crippen LogP contribution in [0, 0.1) is 13.8 Å². The SMILES string of the molecule is Cc1cc(C(OC(C)(C)C)c2cc(C)cc(C(C)(C)C)c2[O])c([O])c(C(C)(C)C)c1. The number of hydrogen-bond acceptors (Lipinski definition) is 1. The Hall–Kier alpha value is -2.00. The first kappa shape index (κ1) is 24.3. The van der Waals surface area contributed by atoms with Gasteiger partial charge in [-0.05, 0) is 57.6 Å². The van der Waals surface area contributed by atoms with Crippen molar-refractivity contribution >= 4 is 0 Å². The van der Waals surface area contributed by atoms with Gasteiger partial charge >= 0.3 is 0 Å². The monoisotopic (exact) mass is 410 g/mol. The highest BCUT2D eigenvalue weighted by atomic mass is 16.5. The second-order valence-electron chi connectivity index (χ2n) is 11.6. The van der Waals surface area contributed by atoms with E-state index in [1.165, 1.54) is 0 Å². The summed E-state index contributed by atoms with van der Waals surface area (Å²) in [5, 5.41) is 27.1. The normalized spacial score (nSPS) is 13.2. The average molecular weight is 411 g/mol. The molecule has 0 spiro atoms. The summed E-state index contributed by atoms with van der Waals surface area (Å²) in [5.41, 5.74) is 3.44. The molecular weight excluding hydrogens is 372 g/mol. The Kier molecular flexibility index (Phi) is 6.41. The van der Waals surface area contributed by atoms with Crippen molar-refractivity contribution < 1.29 is 14.9 Å². The van der Waals surface area contributed by atoms with E-state index in [4.69, 9.17) is 4.74 Å². The lowest BCUT2D eigenvalue weighted by atomic mass is 9.80. The third-order valence-electron chi connectivity index (χ3n) is 5.18. The molecule has 2 rings (SSSR count). The zero-order valence-electron chi connectivity index (χ0n) is 20.6. The Labute approximate surface area is 183 Å². The molecule has 0 bridgehead atoms. The molecule has 30 heavy (non-hydrogen) atoms. The zero-order valence-corrected chi connectivity index (χ0v) is 20.6. The smallest absolute Gasteiger partial charge is 0.188 e. The van der Waals surface area contributed by atoms with Gasteiger partial charge in [0, 0.05) is 22.3 Å². The van der Waals surface area contributed by atoms with Gasteiger partial charge in [-0.25, -0.2) is 0 Å². The molecule has 0 saturated carbocycles. The molecule has 0 saturated heterocycles. The topological polar surface area (TPSA) is 49.0 Å². The van der Waals surface area contributed by atoms with Crippen LogP contribution in [0.25, 0.3) is 0 Å². The highest BCUT2D eigenvalue weighted by Crippen LogP contribution is 2.46. The van der Waals surface area contributed by atoms with E-state index in [-0.39, 0.29) is 22.3 Å². The summed E-state index contributed by atoms with van der Waals surface area (Å²) < 4.78 is 6.42. The Morgan fingerprint density at radius 3 is 1.23 bits per heavy atom. The summed E-state index contributed by atoms with van der Waals surface area (Å²) in [4.78, 5) is 0. The highest BCUT2D eigenvalue weighted by Gasteiger charge is 2.33. The van der Waals surface area contributed by atoms with E-state index >= 15 is 0 Å². The molecule has 0 heterocycles. The lowest BCUT2D eigenvalue weighted by molar-refractivity contribution is -0.0452. The van der Waals surface area contributed by atoms with Gasteiger partial charge in [0.25, 0.3) is 0 Å². The van der Waals surface area contributed by atoms with E-state index < -0.39 is 11.7 Å². The molecule has 0 aromatic heterocycles. The fourth-order valence-electron chi connectivity index (χ4n) is 3.75. The van der Waals surface area contributed by atoms with Crippen molar-refractivity contribution in [2.75, 3.05) is 0 Å². The molecule has 3 nitrogen and oxygen atoms in total. The molecule has 0 unspecified atom stereocenters. The first-order valence-electron chi connectivity index (χ1n) is 10.7. The minimum atomic E-state index is -0.716. The third-order valence-corrected chi connectivity index (χ3v) is 5.18. The average Bonchev–Trinajstić information content (AvgIpc) is 2.53. The van der Waals surface area contributed by atoms with Crippen LogP contribution in [0.5, 0.6) is 11.5 Å². The molecule has 0 amide bonds. The lowest BCUT2D eigenvalue weighted by Crippen LogP contribution is -2.25. The van der Waals surface area contributed by atoms with Crippen LogP contribution < -0.4 is 0 Å². The van der Waals surface area contributed by atoms with E-state index in [2.05, 4.69) is 0 Å². The predicted molar refractivity (Wildman–Crippen MR) is 123 cm³/mol. The molecule has 164 valence electrons. The van der Waals surface area contributed by atoms with E-state index in [0.29, 0.717) is 11.1 Å². The van der Waals surface area contributed by atoms with Crippen LogP contribution >= 0.6 is 0 Å². The molecular formula is C27H38O3. The van der Waals surface area contributed by atoms with Gasteiger partial charge in [0.05, 0.1) is 5.60 Å². The minimum absolute atomic E-state index is 0.0411. The van der Waals surface area contributed by atoms with Crippen molar-refractivity contribution in [1.82, 2.24) is 0 Å². The van der Waals surface area contributed by atoms with Crippen LogP contribution in [0.4, 0.5) is 0 Å². The Bertz CT molecular complexity index is 850. The van der Waals surface area contributed by atoms with Crippen molar-refractivity contribution in [3.63, 3.8) is 0 Å². The molecule has 2 aromatic rings. The maximum absolute atomic E-state index is 13.6. The van der Waals surface area contributed by atoms with Crippen molar-refractivity contribution in [2.24, 2.45) is 0 Å². The predicted octanol–water partition coefficient (Wildman–Crippen LogP) is 8.09. The van der Waals surface area contributed by atoms with Gasteiger partial charge in [-0.3, -0.25) is 10.2 Å². The van der Waals surface area contributed by atoms with Gasteiger partial charge in [-0.2, -0.15) is 0 Å². The molecule has 0 aliphatic carbocycles. The molecule has 3 heteroatoms. The number of ether oxygens (including phenoxy) is 1. The molecule has 2 aromatic carbocycles. The molecule has 0 N–H and O–H groups in total. The van der Waals surface area contributed by atoms with E-state index in [1.807, 2.05) is 100 Å². The summed E-state index contributed by atoms with van der Waals surface area (Å²) in [5.74, 6) is -0.0823. The zero-order chi connectivity index (χ0) is 23.2. The van der Waals surface area contributed by atoms with Gasteiger partial charge in [0.15, 0.2) is 11.5 Å². The molecule has 0 fully saturated rings. The van der Waals surface area contributed by atoms with E-state index in [9.17, 15) is 10.2 Å². The van der Waals surface area contributed by atoms with Crippen LogP contribution in [0.1, 0.15) is 102 Å². The van der Waals surface area contributed by atoms with Crippen molar-refractivity contribution in [3.8, 4) is 11.5 Å². The Balaban J connectivity index is 2.87. The molecule has 0 aliphatic heterocycles. The summed E-state index contributed by atoms with van der Waals surface area (Å²) in [7, 11) is 0. The van der Waals surface area contributed by atoms with Crippen LogP contribution in [-0.2, 0) is 25.8 Å². The second kappa shape index (κ2) is 7.92. The maximum atomic E-state index is 13.6. The first-order valence-corrected chi connectivity index (χ1v) is 10.7. The van der Waals surface area contributed by atoms with Gasteiger partial charge in [-0.1, -0.05) is 64.8 Å². The largest absolute Gasteiger partial charge is 0.363 e. The van der Waals surface area contributed by atoms with Crippen molar-refractivity contribution in [3.05, 3.63) is 57.6 Å². The van der Waals surface area contributed by atoms with Crippen molar-refractivity contribution in [1.29, 1.82) is 0 Å². The summed E-state index contributed by atoms with van der Waals surface area (Å²) >= 11 is 0. The highest BCUT2D eigenvalue weighted by molar-refractivity contribution is 5.55. The molecule has 0 aliphatic rings.